The number of rotatable bonds is 2. The van der Waals surface area contributed by atoms with E-state index in [0.29, 0.717) is 0 Å². The molecule has 0 unspecified atom stereocenters. The zero-order valence-corrected chi connectivity index (χ0v) is 13.3. The highest BCUT2D eigenvalue weighted by Crippen LogP contribution is 2.35. The number of halogens is 1. The summed E-state index contributed by atoms with van der Waals surface area (Å²) in [4.78, 5) is 0. The number of allylic oxidation sites excluding steroid dienone is 6. The van der Waals surface area contributed by atoms with E-state index in [-0.39, 0.29) is 0 Å². The lowest BCUT2D eigenvalue weighted by molar-refractivity contribution is 0.742. The van der Waals surface area contributed by atoms with Crippen LogP contribution in [0.15, 0.2) is 42.5 Å². The van der Waals surface area contributed by atoms with Crippen molar-refractivity contribution in [1.82, 2.24) is 0 Å². The Hall–Kier alpha value is -0.830. The van der Waals surface area contributed by atoms with Crippen molar-refractivity contribution in [3.05, 3.63) is 57.2 Å². The molecule has 0 amide bonds. The molecule has 0 bridgehead atoms. The summed E-state index contributed by atoms with van der Waals surface area (Å²) in [6.45, 7) is 0. The van der Waals surface area contributed by atoms with Crippen molar-refractivity contribution < 1.29 is 0 Å². The summed E-state index contributed by atoms with van der Waals surface area (Å²) < 4.78 is 1.34. The lowest BCUT2D eigenvalue weighted by Gasteiger charge is -2.19. The van der Waals surface area contributed by atoms with Gasteiger partial charge in [0.1, 0.15) is 0 Å². The molecule has 3 rings (SSSR count). The van der Waals surface area contributed by atoms with E-state index in [1.807, 2.05) is 0 Å². The van der Waals surface area contributed by atoms with Crippen molar-refractivity contribution >= 4 is 33.7 Å². The first kappa shape index (κ1) is 13.2. The van der Waals surface area contributed by atoms with Crippen molar-refractivity contribution in [3.8, 4) is 0 Å². The van der Waals surface area contributed by atoms with Gasteiger partial charge in [0.2, 0.25) is 0 Å². The van der Waals surface area contributed by atoms with E-state index in [0.717, 1.165) is 0 Å². The summed E-state index contributed by atoms with van der Waals surface area (Å²) in [6, 6.07) is 6.92. The van der Waals surface area contributed by atoms with Crippen LogP contribution in [0.4, 0.5) is 0 Å². The maximum Gasteiger partial charge on any atom is 0.0136 e. The standard InChI is InChI=1S/C18H19I/c19-16-11-12-17(14-7-3-1-4-8-14)18(13-16)15-9-5-2-6-10-15/h1,3,7,9,11-13H,2,4-6,8,10H2. The van der Waals surface area contributed by atoms with Crippen molar-refractivity contribution in [2.75, 3.05) is 0 Å². The van der Waals surface area contributed by atoms with Gasteiger partial charge >= 0.3 is 0 Å². The monoisotopic (exact) mass is 362 g/mol. The molecule has 0 spiro atoms. The summed E-state index contributed by atoms with van der Waals surface area (Å²) in [5.74, 6) is 0. The number of hydrogen-bond donors (Lipinski definition) is 0. The van der Waals surface area contributed by atoms with Crippen LogP contribution in [0.5, 0.6) is 0 Å². The molecule has 0 saturated heterocycles. The fraction of sp³-hybridized carbons (Fsp3) is 0.333. The van der Waals surface area contributed by atoms with Crippen LogP contribution < -0.4 is 0 Å². The van der Waals surface area contributed by atoms with Crippen LogP contribution in [0.25, 0.3) is 11.1 Å². The van der Waals surface area contributed by atoms with Crippen molar-refractivity contribution in [2.24, 2.45) is 0 Å². The quantitative estimate of drug-likeness (QED) is 0.568. The molecule has 1 aromatic rings. The topological polar surface area (TPSA) is 0 Å². The first-order valence-corrected chi connectivity index (χ1v) is 8.27. The van der Waals surface area contributed by atoms with Gasteiger partial charge < -0.3 is 0 Å². The Labute approximate surface area is 129 Å². The number of hydrogen-bond acceptors (Lipinski definition) is 0. The highest BCUT2D eigenvalue weighted by atomic mass is 127. The minimum atomic E-state index is 1.18. The second-order valence-corrected chi connectivity index (χ2v) is 6.57. The summed E-state index contributed by atoms with van der Waals surface area (Å²) in [5, 5.41) is 0. The lowest BCUT2D eigenvalue weighted by atomic mass is 9.86. The van der Waals surface area contributed by atoms with Crippen LogP contribution in [0, 0.1) is 3.57 Å². The molecule has 0 N–H and O–H groups in total. The smallest absolute Gasteiger partial charge is 0.0136 e. The summed E-state index contributed by atoms with van der Waals surface area (Å²) >= 11 is 2.43. The van der Waals surface area contributed by atoms with Crippen molar-refractivity contribution in [2.45, 2.75) is 38.5 Å². The zero-order chi connectivity index (χ0) is 13.1. The van der Waals surface area contributed by atoms with E-state index in [9.17, 15) is 0 Å². The third kappa shape index (κ3) is 3.02. The SMILES string of the molecule is Ic1ccc(C2=CC=CCC2)c(C2=CCCCC2)c1. The van der Waals surface area contributed by atoms with Crippen molar-refractivity contribution in [1.29, 1.82) is 0 Å². The average Bonchev–Trinajstić information content (AvgIpc) is 2.49. The highest BCUT2D eigenvalue weighted by molar-refractivity contribution is 14.1. The molecule has 98 valence electrons. The fourth-order valence-electron chi connectivity index (χ4n) is 2.97. The Kier molecular flexibility index (Phi) is 4.21. The van der Waals surface area contributed by atoms with E-state index in [2.05, 4.69) is 65.1 Å². The van der Waals surface area contributed by atoms with Gasteiger partial charge in [-0.2, -0.15) is 0 Å². The van der Waals surface area contributed by atoms with Crippen LogP contribution in [-0.4, -0.2) is 0 Å². The van der Waals surface area contributed by atoms with Crippen molar-refractivity contribution in [3.63, 3.8) is 0 Å². The highest BCUT2D eigenvalue weighted by Gasteiger charge is 2.14. The molecule has 0 radical (unpaired) electrons. The molecule has 0 aliphatic heterocycles. The molecule has 0 atom stereocenters. The summed E-state index contributed by atoms with van der Waals surface area (Å²) in [7, 11) is 0. The van der Waals surface area contributed by atoms with Gasteiger partial charge in [-0.3, -0.25) is 0 Å². The predicted octanol–water partition coefficient (Wildman–Crippen LogP) is 5.98. The van der Waals surface area contributed by atoms with Gasteiger partial charge in [0.15, 0.2) is 0 Å². The molecule has 0 aromatic heterocycles. The molecule has 0 saturated carbocycles. The minimum absolute atomic E-state index is 1.18. The Morgan fingerprint density at radius 2 is 1.84 bits per heavy atom. The molecule has 0 fully saturated rings. The van der Waals surface area contributed by atoms with E-state index in [1.54, 1.807) is 5.57 Å². The molecular formula is C18H19I. The van der Waals surface area contributed by atoms with Crippen LogP contribution in [0.2, 0.25) is 0 Å². The van der Waals surface area contributed by atoms with Crippen LogP contribution in [-0.2, 0) is 0 Å². The predicted molar refractivity (Wildman–Crippen MR) is 92.0 cm³/mol. The molecule has 2 aliphatic rings. The Morgan fingerprint density at radius 3 is 2.58 bits per heavy atom. The normalized spacial score (nSPS) is 19.0. The first-order valence-electron chi connectivity index (χ1n) is 7.19. The summed E-state index contributed by atoms with van der Waals surface area (Å²) in [5.41, 5.74) is 6.00. The molecule has 19 heavy (non-hydrogen) atoms. The van der Waals surface area contributed by atoms with Crippen LogP contribution in [0.1, 0.15) is 49.7 Å². The summed E-state index contributed by atoms with van der Waals surface area (Å²) in [6.07, 6.45) is 16.8. The van der Waals surface area contributed by atoms with E-state index in [1.165, 1.54) is 58.8 Å². The molecular weight excluding hydrogens is 343 g/mol. The fourth-order valence-corrected chi connectivity index (χ4v) is 3.46. The van der Waals surface area contributed by atoms with Gasteiger partial charge in [0.25, 0.3) is 0 Å². The molecule has 0 nitrogen and oxygen atoms in total. The largest absolute Gasteiger partial charge is 0.0842 e. The second kappa shape index (κ2) is 6.08. The van der Waals surface area contributed by atoms with Gasteiger partial charge in [-0.05, 0) is 95.5 Å². The number of benzene rings is 1. The molecule has 1 heteroatoms. The molecule has 1 aromatic carbocycles. The maximum atomic E-state index is 2.46. The third-order valence-electron chi connectivity index (χ3n) is 3.98. The Bertz CT molecular complexity index is 561. The third-order valence-corrected chi connectivity index (χ3v) is 4.65. The van der Waals surface area contributed by atoms with Gasteiger partial charge in [-0.15, -0.1) is 0 Å². The van der Waals surface area contributed by atoms with Gasteiger partial charge in [0, 0.05) is 3.57 Å². The van der Waals surface area contributed by atoms with E-state index >= 15 is 0 Å². The minimum Gasteiger partial charge on any atom is -0.0842 e. The van der Waals surface area contributed by atoms with Gasteiger partial charge in [0.05, 0.1) is 0 Å². The zero-order valence-electron chi connectivity index (χ0n) is 11.2. The Balaban J connectivity index is 2.06. The van der Waals surface area contributed by atoms with Crippen LogP contribution >= 0.6 is 22.6 Å². The van der Waals surface area contributed by atoms with Crippen LogP contribution in [0.3, 0.4) is 0 Å². The lowest BCUT2D eigenvalue weighted by Crippen LogP contribution is -1.99. The van der Waals surface area contributed by atoms with E-state index < -0.39 is 0 Å². The first-order chi connectivity index (χ1) is 9.34. The van der Waals surface area contributed by atoms with E-state index in [4.69, 9.17) is 0 Å². The molecule has 0 heterocycles. The Morgan fingerprint density at radius 1 is 0.895 bits per heavy atom. The second-order valence-electron chi connectivity index (χ2n) is 5.32. The molecule has 2 aliphatic carbocycles. The van der Waals surface area contributed by atoms with Gasteiger partial charge in [-0.25, -0.2) is 0 Å². The average molecular weight is 362 g/mol. The van der Waals surface area contributed by atoms with Gasteiger partial charge in [-0.1, -0.05) is 30.4 Å². The maximum absolute atomic E-state index is 2.46.